The second kappa shape index (κ2) is 8.62. The third-order valence-corrected chi connectivity index (χ3v) is 7.55. The highest BCUT2D eigenvalue weighted by Crippen LogP contribution is 2.56. The Morgan fingerprint density at radius 3 is 2.17 bits per heavy atom. The number of fused-ring (bicyclic) bond motifs is 1. The Balaban J connectivity index is 1.92. The number of halogens is 3. The molecule has 0 saturated heterocycles. The first-order valence-corrected chi connectivity index (χ1v) is 12.1. The Morgan fingerprint density at radius 1 is 0.800 bits per heavy atom. The Labute approximate surface area is 192 Å². The molecule has 1 atom stereocenters. The van der Waals surface area contributed by atoms with Crippen LogP contribution in [0.2, 0.25) is 10.0 Å². The van der Waals surface area contributed by atoms with Crippen molar-refractivity contribution in [3.8, 4) is 0 Å². The largest absolute Gasteiger partial charge is 0.396 e. The van der Waals surface area contributed by atoms with Crippen LogP contribution in [0.3, 0.4) is 0 Å². The molecule has 0 aliphatic carbocycles. The van der Waals surface area contributed by atoms with Crippen molar-refractivity contribution in [2.24, 2.45) is 0 Å². The molecule has 0 aliphatic rings. The summed E-state index contributed by atoms with van der Waals surface area (Å²) in [5.41, 5.74) is 1.23. The van der Waals surface area contributed by atoms with Crippen molar-refractivity contribution in [3.63, 3.8) is 0 Å². The zero-order chi connectivity index (χ0) is 21.3. The van der Waals surface area contributed by atoms with Gasteiger partial charge in [-0.1, -0.05) is 77.8 Å². The van der Waals surface area contributed by atoms with Gasteiger partial charge in [-0.15, -0.1) is 0 Å². The van der Waals surface area contributed by atoms with E-state index >= 15 is 0 Å². The van der Waals surface area contributed by atoms with E-state index in [1.807, 2.05) is 30.3 Å². The van der Waals surface area contributed by atoms with Gasteiger partial charge in [0.1, 0.15) is 0 Å². The fourth-order valence-corrected chi connectivity index (χ4v) is 6.06. The van der Waals surface area contributed by atoms with Crippen LogP contribution in [-0.4, -0.2) is 4.89 Å². The van der Waals surface area contributed by atoms with Crippen LogP contribution < -0.4 is 9.76 Å². The number of para-hydroxylation sites is 2. The minimum Gasteiger partial charge on any atom is -0.313 e. The van der Waals surface area contributed by atoms with Crippen molar-refractivity contribution < 1.29 is 9.46 Å². The molecule has 30 heavy (non-hydrogen) atoms. The number of hydrogen-bond acceptors (Lipinski definition) is 1. The summed E-state index contributed by atoms with van der Waals surface area (Å²) in [4.78, 5) is 11.2. The molecule has 0 heterocycles. The van der Waals surface area contributed by atoms with Gasteiger partial charge >= 0.3 is 7.67 Å². The highest BCUT2D eigenvalue weighted by molar-refractivity contribution is 9.10. The predicted molar refractivity (Wildman–Crippen MR) is 130 cm³/mol. The lowest BCUT2D eigenvalue weighted by Gasteiger charge is -2.32. The first-order chi connectivity index (χ1) is 14.4. The lowest BCUT2D eigenvalue weighted by Crippen LogP contribution is -2.19. The van der Waals surface area contributed by atoms with E-state index in [0.29, 0.717) is 31.6 Å². The highest BCUT2D eigenvalue weighted by atomic mass is 79.9. The summed E-state index contributed by atoms with van der Waals surface area (Å²) < 4.78 is 15.7. The average molecular weight is 522 g/mol. The first kappa shape index (κ1) is 21.2. The minimum absolute atomic E-state index is 0.337. The molecule has 0 fully saturated rings. The summed E-state index contributed by atoms with van der Waals surface area (Å²) in [7, 11) is -4.24. The predicted octanol–water partition coefficient (Wildman–Crippen LogP) is 8.26. The Kier molecular flexibility index (Phi) is 6.10. The van der Waals surface area contributed by atoms with Gasteiger partial charge in [-0.05, 0) is 57.0 Å². The first-order valence-electron chi connectivity index (χ1n) is 8.96. The van der Waals surface area contributed by atoms with E-state index < -0.39 is 7.67 Å². The second-order valence-electron chi connectivity index (χ2n) is 6.52. The molecular formula is C22H16BrCl2N2O2P. The van der Waals surface area contributed by atoms with Crippen molar-refractivity contribution in [3.05, 3.63) is 99.4 Å². The van der Waals surface area contributed by atoms with Gasteiger partial charge in [0.05, 0.1) is 27.1 Å². The van der Waals surface area contributed by atoms with Gasteiger partial charge in [-0.3, -0.25) is 9.76 Å². The van der Waals surface area contributed by atoms with Gasteiger partial charge in [0.25, 0.3) is 0 Å². The molecule has 0 saturated carbocycles. The summed E-state index contributed by atoms with van der Waals surface area (Å²) in [6, 6.07) is 25.1. The normalized spacial score (nSPS) is 13.1. The number of rotatable bonds is 5. The number of nitrogens with zero attached hydrogens (tertiary/aromatic N) is 1. The zero-order valence-electron chi connectivity index (χ0n) is 15.5. The fourth-order valence-electron chi connectivity index (χ4n) is 3.19. The Bertz CT molecular complexity index is 1280. The van der Waals surface area contributed by atoms with Crippen LogP contribution in [0.15, 0.2) is 89.4 Å². The molecule has 0 amide bonds. The molecule has 0 aromatic heterocycles. The Morgan fingerprint density at radius 2 is 1.43 bits per heavy atom. The molecule has 8 heteroatoms. The number of benzene rings is 4. The average Bonchev–Trinajstić information content (AvgIpc) is 2.73. The van der Waals surface area contributed by atoms with Crippen LogP contribution in [0, 0.1) is 0 Å². The van der Waals surface area contributed by atoms with Crippen molar-refractivity contribution >= 4 is 74.6 Å². The van der Waals surface area contributed by atoms with E-state index in [9.17, 15) is 9.46 Å². The van der Waals surface area contributed by atoms with E-state index in [0.717, 1.165) is 10.8 Å². The van der Waals surface area contributed by atoms with Gasteiger partial charge in [0.15, 0.2) is 0 Å². The van der Waals surface area contributed by atoms with Gasteiger partial charge < -0.3 is 4.89 Å². The molecule has 152 valence electrons. The SMILES string of the molecule is O=P(O)(Nc1ccccc1Cl)N(c1ccccc1Cl)c1ccc2ccccc2c1Br. The number of hydrogen-bond donors (Lipinski definition) is 2. The maximum Gasteiger partial charge on any atom is 0.396 e. The third-order valence-electron chi connectivity index (χ3n) is 4.56. The summed E-state index contributed by atoms with van der Waals surface area (Å²) in [5.74, 6) is 0. The molecule has 4 rings (SSSR count). The van der Waals surface area contributed by atoms with E-state index in [4.69, 9.17) is 23.2 Å². The van der Waals surface area contributed by atoms with E-state index in [-0.39, 0.29) is 0 Å². The Hall–Kier alpha value is -2.01. The smallest absolute Gasteiger partial charge is 0.313 e. The number of nitrogens with one attached hydrogen (secondary N) is 1. The minimum atomic E-state index is -4.24. The quantitative estimate of drug-likeness (QED) is 0.259. The lowest BCUT2D eigenvalue weighted by molar-refractivity contribution is 0.484. The van der Waals surface area contributed by atoms with E-state index in [2.05, 4.69) is 21.0 Å². The van der Waals surface area contributed by atoms with Crippen LogP contribution in [0.25, 0.3) is 10.8 Å². The van der Waals surface area contributed by atoms with Gasteiger partial charge in [-0.2, -0.15) is 0 Å². The zero-order valence-corrected chi connectivity index (χ0v) is 19.5. The molecule has 1 unspecified atom stereocenters. The third kappa shape index (κ3) is 4.09. The van der Waals surface area contributed by atoms with Crippen LogP contribution in [0.5, 0.6) is 0 Å². The topological polar surface area (TPSA) is 52.6 Å². The summed E-state index contributed by atoms with van der Waals surface area (Å²) in [6.45, 7) is 0. The fraction of sp³-hybridized carbons (Fsp3) is 0. The molecule has 4 aromatic carbocycles. The van der Waals surface area contributed by atoms with Crippen molar-refractivity contribution in [2.45, 2.75) is 0 Å². The molecule has 0 radical (unpaired) electrons. The lowest BCUT2D eigenvalue weighted by atomic mass is 10.1. The van der Waals surface area contributed by atoms with Crippen molar-refractivity contribution in [2.75, 3.05) is 9.76 Å². The van der Waals surface area contributed by atoms with Crippen LogP contribution in [-0.2, 0) is 4.57 Å². The van der Waals surface area contributed by atoms with Crippen LogP contribution in [0.4, 0.5) is 17.1 Å². The van der Waals surface area contributed by atoms with Gasteiger partial charge in [0.2, 0.25) is 0 Å². The number of anilines is 3. The van der Waals surface area contributed by atoms with E-state index in [1.54, 1.807) is 54.6 Å². The molecule has 4 nitrogen and oxygen atoms in total. The second-order valence-corrected chi connectivity index (χ2v) is 9.84. The van der Waals surface area contributed by atoms with Crippen LogP contribution in [0.1, 0.15) is 0 Å². The molecule has 0 bridgehead atoms. The van der Waals surface area contributed by atoms with E-state index in [1.165, 1.54) is 4.67 Å². The summed E-state index contributed by atoms with van der Waals surface area (Å²) >= 11 is 16.3. The summed E-state index contributed by atoms with van der Waals surface area (Å²) in [6.07, 6.45) is 0. The molecule has 2 N–H and O–H groups in total. The maximum atomic E-state index is 13.7. The van der Waals surface area contributed by atoms with Gasteiger partial charge in [-0.25, -0.2) is 4.57 Å². The monoisotopic (exact) mass is 520 g/mol. The summed E-state index contributed by atoms with van der Waals surface area (Å²) in [5, 5.41) is 5.30. The highest BCUT2D eigenvalue weighted by Gasteiger charge is 2.34. The molecule has 0 aliphatic heterocycles. The van der Waals surface area contributed by atoms with Crippen molar-refractivity contribution in [1.29, 1.82) is 0 Å². The van der Waals surface area contributed by atoms with Gasteiger partial charge in [0, 0.05) is 4.47 Å². The van der Waals surface area contributed by atoms with Crippen molar-refractivity contribution in [1.82, 2.24) is 0 Å². The molecule has 0 spiro atoms. The maximum absolute atomic E-state index is 13.7. The molecule has 4 aromatic rings. The standard InChI is InChI=1S/C22H16BrCl2N2O2P/c23-22-16-8-2-1-7-15(16)13-14-21(22)27(20-12-6-4-10-18(20)25)30(28,29)26-19-11-5-3-9-17(19)24/h1-14H,(H2,26,28,29). The van der Waals surface area contributed by atoms with Crippen LogP contribution >= 0.6 is 46.8 Å². The molecular weight excluding hydrogens is 506 g/mol.